The second kappa shape index (κ2) is 9.76. The van der Waals surface area contributed by atoms with Crippen LogP contribution in [0.2, 0.25) is 0 Å². The standard InChI is InChI=1S/C15H33N2Si/c1-8-11-12-13-18(16(9-2)14(4)5)17(10-3)15(6)7/h12-15H,8-11H2,1-7H3. The molecule has 0 N–H and O–H groups in total. The van der Waals surface area contributed by atoms with Gasteiger partial charge in [-0.2, -0.15) is 0 Å². The number of rotatable bonds is 9. The quantitative estimate of drug-likeness (QED) is 0.587. The maximum Gasteiger partial charge on any atom is 0.259 e. The predicted molar refractivity (Wildman–Crippen MR) is 84.8 cm³/mol. The van der Waals surface area contributed by atoms with Gasteiger partial charge in [-0.3, -0.25) is 0 Å². The third-order valence-electron chi connectivity index (χ3n) is 3.24. The van der Waals surface area contributed by atoms with Crippen molar-refractivity contribution in [3.63, 3.8) is 0 Å². The lowest BCUT2D eigenvalue weighted by Crippen LogP contribution is -2.56. The van der Waals surface area contributed by atoms with Crippen molar-refractivity contribution in [1.82, 2.24) is 9.13 Å². The SMILES string of the molecule is CCCC=C[Si](N(CC)C(C)C)N(CC)C(C)C. The molecule has 0 bridgehead atoms. The van der Waals surface area contributed by atoms with E-state index in [1.54, 1.807) is 0 Å². The Labute approximate surface area is 117 Å². The molecule has 0 aromatic rings. The molecule has 0 amide bonds. The van der Waals surface area contributed by atoms with Crippen LogP contribution in [-0.4, -0.2) is 43.4 Å². The van der Waals surface area contributed by atoms with Crippen LogP contribution in [0.5, 0.6) is 0 Å². The summed E-state index contributed by atoms with van der Waals surface area (Å²) in [6.07, 6.45) is 4.84. The van der Waals surface area contributed by atoms with Crippen LogP contribution in [0.15, 0.2) is 11.8 Å². The summed E-state index contributed by atoms with van der Waals surface area (Å²) in [5.41, 5.74) is 2.50. The molecule has 3 heteroatoms. The fourth-order valence-corrected chi connectivity index (χ4v) is 5.09. The number of nitrogens with zero attached hydrogens (tertiary/aromatic N) is 2. The van der Waals surface area contributed by atoms with E-state index in [0.29, 0.717) is 12.1 Å². The van der Waals surface area contributed by atoms with Crippen molar-refractivity contribution in [2.75, 3.05) is 13.1 Å². The summed E-state index contributed by atoms with van der Waals surface area (Å²) < 4.78 is 5.33. The largest absolute Gasteiger partial charge is 0.306 e. The number of hydrogen-bond acceptors (Lipinski definition) is 2. The van der Waals surface area contributed by atoms with Crippen molar-refractivity contribution >= 4 is 9.12 Å². The topological polar surface area (TPSA) is 6.48 Å². The minimum absolute atomic E-state index is 0.628. The summed E-state index contributed by atoms with van der Waals surface area (Å²) in [6.45, 7) is 18.4. The average Bonchev–Trinajstić information content (AvgIpc) is 2.29. The molecule has 0 aromatic heterocycles. The van der Waals surface area contributed by atoms with E-state index in [1.165, 1.54) is 12.8 Å². The summed E-state index contributed by atoms with van der Waals surface area (Å²) in [6, 6.07) is 1.26. The highest BCUT2D eigenvalue weighted by molar-refractivity contribution is 6.58. The van der Waals surface area contributed by atoms with Crippen molar-refractivity contribution in [2.24, 2.45) is 0 Å². The van der Waals surface area contributed by atoms with Gasteiger partial charge in [0.25, 0.3) is 9.12 Å². The van der Waals surface area contributed by atoms with E-state index in [0.717, 1.165) is 13.1 Å². The first kappa shape index (κ1) is 17.9. The third kappa shape index (κ3) is 5.68. The molecule has 18 heavy (non-hydrogen) atoms. The van der Waals surface area contributed by atoms with Crippen LogP contribution in [0, 0.1) is 0 Å². The van der Waals surface area contributed by atoms with Gasteiger partial charge in [-0.05, 0) is 31.6 Å². The predicted octanol–water partition coefficient (Wildman–Crippen LogP) is 3.83. The first-order valence-electron chi connectivity index (χ1n) is 7.56. The zero-order valence-electron chi connectivity index (χ0n) is 13.5. The molecule has 0 aromatic carbocycles. The zero-order chi connectivity index (χ0) is 14.1. The van der Waals surface area contributed by atoms with Gasteiger partial charge < -0.3 is 9.13 Å². The van der Waals surface area contributed by atoms with Crippen LogP contribution < -0.4 is 0 Å². The van der Waals surface area contributed by atoms with E-state index in [9.17, 15) is 0 Å². The first-order chi connectivity index (χ1) is 8.49. The van der Waals surface area contributed by atoms with Gasteiger partial charge in [0.15, 0.2) is 0 Å². The van der Waals surface area contributed by atoms with Gasteiger partial charge in [0.1, 0.15) is 0 Å². The van der Waals surface area contributed by atoms with Crippen LogP contribution >= 0.6 is 0 Å². The van der Waals surface area contributed by atoms with E-state index in [2.05, 4.69) is 69.4 Å². The summed E-state index contributed by atoms with van der Waals surface area (Å²) in [5, 5.41) is 0. The Morgan fingerprint density at radius 3 is 1.61 bits per heavy atom. The Morgan fingerprint density at radius 2 is 1.33 bits per heavy atom. The highest BCUT2D eigenvalue weighted by atomic mass is 28.3. The van der Waals surface area contributed by atoms with Crippen molar-refractivity contribution in [2.45, 2.75) is 73.4 Å². The lowest BCUT2D eigenvalue weighted by molar-refractivity contribution is 0.297. The molecule has 0 saturated carbocycles. The van der Waals surface area contributed by atoms with Crippen molar-refractivity contribution in [3.05, 3.63) is 11.8 Å². The number of unbranched alkanes of at least 4 members (excludes halogenated alkanes) is 1. The van der Waals surface area contributed by atoms with Crippen molar-refractivity contribution < 1.29 is 0 Å². The molecule has 107 valence electrons. The molecule has 0 unspecified atom stereocenters. The summed E-state index contributed by atoms with van der Waals surface area (Å²) in [7, 11) is -0.709. The molecule has 2 nitrogen and oxygen atoms in total. The Hall–Kier alpha value is -0.123. The van der Waals surface area contributed by atoms with E-state index in [4.69, 9.17) is 0 Å². The minimum Gasteiger partial charge on any atom is -0.306 e. The fraction of sp³-hybridized carbons (Fsp3) is 0.867. The maximum absolute atomic E-state index is 2.67. The lowest BCUT2D eigenvalue weighted by atomic mass is 10.3. The van der Waals surface area contributed by atoms with Crippen LogP contribution in [0.25, 0.3) is 0 Å². The molecule has 0 heterocycles. The Kier molecular flexibility index (Phi) is 9.69. The first-order valence-corrected chi connectivity index (χ1v) is 9.03. The van der Waals surface area contributed by atoms with Gasteiger partial charge in [-0.25, -0.2) is 0 Å². The highest BCUT2D eigenvalue weighted by Crippen LogP contribution is 2.12. The molecule has 1 radical (unpaired) electrons. The summed E-state index contributed by atoms with van der Waals surface area (Å²) >= 11 is 0. The molecule has 0 rings (SSSR count). The molecule has 0 spiro atoms. The van der Waals surface area contributed by atoms with E-state index >= 15 is 0 Å². The Morgan fingerprint density at radius 1 is 0.889 bits per heavy atom. The molecule has 0 aliphatic heterocycles. The Bertz CT molecular complexity index is 211. The zero-order valence-corrected chi connectivity index (χ0v) is 14.5. The number of hydrogen-bond donors (Lipinski definition) is 0. The molecule has 0 aliphatic carbocycles. The van der Waals surface area contributed by atoms with Crippen molar-refractivity contribution in [3.8, 4) is 0 Å². The van der Waals surface area contributed by atoms with Crippen LogP contribution in [-0.2, 0) is 0 Å². The molecule has 0 saturated heterocycles. The third-order valence-corrected chi connectivity index (χ3v) is 6.62. The van der Waals surface area contributed by atoms with Gasteiger partial charge >= 0.3 is 0 Å². The number of allylic oxidation sites excluding steroid dienone is 1. The maximum atomic E-state index is 2.67. The van der Waals surface area contributed by atoms with Gasteiger partial charge in [-0.15, -0.1) is 0 Å². The van der Waals surface area contributed by atoms with Crippen LogP contribution in [0.3, 0.4) is 0 Å². The molecule has 0 atom stereocenters. The van der Waals surface area contributed by atoms with Gasteiger partial charge in [0.05, 0.1) is 0 Å². The van der Waals surface area contributed by atoms with Crippen molar-refractivity contribution in [1.29, 1.82) is 0 Å². The molecular formula is C15H33N2Si. The monoisotopic (exact) mass is 269 g/mol. The smallest absolute Gasteiger partial charge is 0.259 e. The van der Waals surface area contributed by atoms with Gasteiger partial charge in [0.2, 0.25) is 0 Å². The van der Waals surface area contributed by atoms with E-state index < -0.39 is 9.12 Å². The Balaban J connectivity index is 5.00. The van der Waals surface area contributed by atoms with Crippen LogP contribution in [0.1, 0.15) is 61.3 Å². The minimum atomic E-state index is -0.709. The van der Waals surface area contributed by atoms with Gasteiger partial charge in [0, 0.05) is 0 Å². The summed E-state index contributed by atoms with van der Waals surface area (Å²) in [5.74, 6) is 0. The molecule has 0 fully saturated rings. The molecular weight excluding hydrogens is 236 g/mol. The fourth-order valence-electron chi connectivity index (χ4n) is 2.30. The van der Waals surface area contributed by atoms with Gasteiger partial charge in [-0.1, -0.05) is 66.7 Å². The van der Waals surface area contributed by atoms with E-state index in [1.807, 2.05) is 0 Å². The highest BCUT2D eigenvalue weighted by Gasteiger charge is 2.27. The van der Waals surface area contributed by atoms with Crippen LogP contribution in [0.4, 0.5) is 0 Å². The molecule has 0 aliphatic rings. The van der Waals surface area contributed by atoms with E-state index in [-0.39, 0.29) is 0 Å². The second-order valence-corrected chi connectivity index (χ2v) is 7.51. The second-order valence-electron chi connectivity index (χ2n) is 5.31. The summed E-state index contributed by atoms with van der Waals surface area (Å²) in [4.78, 5) is 0. The lowest BCUT2D eigenvalue weighted by Gasteiger charge is -2.39. The average molecular weight is 270 g/mol. The normalized spacial score (nSPS) is 13.1.